The molecule has 0 spiro atoms. The van der Waals surface area contributed by atoms with E-state index in [4.69, 9.17) is 4.74 Å². The van der Waals surface area contributed by atoms with Gasteiger partial charge in [0.25, 0.3) is 0 Å². The van der Waals surface area contributed by atoms with Gasteiger partial charge in [0.15, 0.2) is 0 Å². The third-order valence-corrected chi connectivity index (χ3v) is 7.71. The fraction of sp³-hybridized carbons (Fsp3) is 0.286. The van der Waals surface area contributed by atoms with Gasteiger partial charge in [-0.1, -0.05) is 98.8 Å². The van der Waals surface area contributed by atoms with Crippen LogP contribution in [0.2, 0.25) is 0 Å². The van der Waals surface area contributed by atoms with E-state index in [1.165, 1.54) is 0 Å². The van der Waals surface area contributed by atoms with Crippen molar-refractivity contribution in [1.82, 2.24) is 16.0 Å². The van der Waals surface area contributed by atoms with E-state index in [0.717, 1.165) is 27.5 Å². The number of methoxy groups -OCH3 is 1. The molecule has 3 atom stereocenters. The highest BCUT2D eigenvalue weighted by Gasteiger charge is 2.33. The summed E-state index contributed by atoms with van der Waals surface area (Å²) in [4.78, 5) is 40.6. The predicted octanol–water partition coefficient (Wildman–Crippen LogP) is 3.00. The molecule has 0 fully saturated rings. The first-order valence-electron chi connectivity index (χ1n) is 15.0. The normalized spacial score (nSPS) is 13.0. The minimum Gasteiger partial charge on any atom is -0.497 e. The summed E-state index contributed by atoms with van der Waals surface area (Å²) in [6.45, 7) is 3.56. The molecule has 0 aliphatic rings. The Morgan fingerprint density at radius 1 is 0.733 bits per heavy atom. The minimum absolute atomic E-state index is 0.0669. The molecule has 4 aromatic carbocycles. The van der Waals surface area contributed by atoms with E-state index < -0.39 is 37.0 Å². The molecule has 0 saturated carbocycles. The summed E-state index contributed by atoms with van der Waals surface area (Å²) < 4.78 is 5.25. The van der Waals surface area contributed by atoms with Crippen LogP contribution in [0.1, 0.15) is 30.5 Å². The minimum atomic E-state index is -1.81. The molecule has 0 heterocycles. The lowest BCUT2D eigenvalue weighted by molar-refractivity contribution is -0.132. The zero-order valence-corrected chi connectivity index (χ0v) is 25.8. The second kappa shape index (κ2) is 15.9. The molecule has 0 bridgehead atoms. The van der Waals surface area contributed by atoms with E-state index in [1.54, 1.807) is 33.1 Å². The van der Waals surface area contributed by atoms with Crippen LogP contribution in [0.4, 0.5) is 0 Å². The molecule has 45 heavy (non-hydrogen) atoms. The zero-order valence-electron chi connectivity index (χ0n) is 25.8. The molecule has 0 aliphatic heterocycles. The fourth-order valence-electron chi connectivity index (χ4n) is 5.23. The van der Waals surface area contributed by atoms with Crippen molar-refractivity contribution in [2.75, 3.05) is 7.11 Å². The summed E-state index contributed by atoms with van der Waals surface area (Å²) in [5.74, 6) is -2.10. The van der Waals surface area contributed by atoms with Crippen LogP contribution >= 0.6 is 0 Å². The Kier molecular flexibility index (Phi) is 11.7. The van der Waals surface area contributed by atoms with Gasteiger partial charge < -0.3 is 30.7 Å². The number of ether oxygens (including phenoxy) is 1. The molecule has 0 saturated heterocycles. The molecule has 0 aromatic heterocycles. The quantitative estimate of drug-likeness (QED) is 0.140. The second-order valence-electron chi connectivity index (χ2n) is 11.4. The predicted molar refractivity (Wildman–Crippen MR) is 175 cm³/mol. The van der Waals surface area contributed by atoms with Crippen molar-refractivity contribution in [3.63, 3.8) is 0 Å². The van der Waals surface area contributed by atoms with Gasteiger partial charge in [-0.05, 0) is 51.9 Å². The molecule has 234 valence electrons. The van der Waals surface area contributed by atoms with Crippen molar-refractivity contribution in [2.45, 2.75) is 51.1 Å². The lowest BCUT2D eigenvalue weighted by atomic mass is 9.75. The molecule has 5 N–H and O–H groups in total. The molecule has 0 radical (unpaired) electrons. The second-order valence-corrected chi connectivity index (χ2v) is 11.4. The van der Waals surface area contributed by atoms with Gasteiger partial charge in [-0.3, -0.25) is 14.4 Å². The molecular weight excluding hydrogens is 569 g/mol. The van der Waals surface area contributed by atoms with E-state index in [-0.39, 0.29) is 31.1 Å². The van der Waals surface area contributed by atoms with Gasteiger partial charge in [-0.2, -0.15) is 0 Å². The maximum absolute atomic E-state index is 13.8. The van der Waals surface area contributed by atoms with Crippen LogP contribution in [0, 0.1) is 5.92 Å². The van der Waals surface area contributed by atoms with Gasteiger partial charge in [-0.25, -0.2) is 0 Å². The highest BCUT2D eigenvalue weighted by molar-refractivity contribution is 6.43. The monoisotopic (exact) mass is 609 g/mol. The maximum Gasteiger partial charge on any atom is 0.475 e. The van der Waals surface area contributed by atoms with Crippen molar-refractivity contribution in [3.8, 4) is 5.75 Å². The van der Waals surface area contributed by atoms with Gasteiger partial charge in [0.05, 0.1) is 19.5 Å². The Labute approximate surface area is 264 Å². The lowest BCUT2D eigenvalue weighted by Gasteiger charge is -2.27. The van der Waals surface area contributed by atoms with Gasteiger partial charge in [-0.15, -0.1) is 0 Å². The van der Waals surface area contributed by atoms with Crippen molar-refractivity contribution >= 4 is 35.6 Å². The summed E-state index contributed by atoms with van der Waals surface area (Å²) in [5.41, 5.74) is 2.44. The van der Waals surface area contributed by atoms with Crippen molar-refractivity contribution in [3.05, 3.63) is 114 Å². The Balaban J connectivity index is 1.51. The Morgan fingerprint density at radius 2 is 1.38 bits per heavy atom. The van der Waals surface area contributed by atoms with Crippen LogP contribution in [0.25, 0.3) is 10.8 Å². The number of hydrogen-bond acceptors (Lipinski definition) is 6. The Bertz CT molecular complexity index is 1570. The van der Waals surface area contributed by atoms with Crippen LogP contribution in [-0.4, -0.2) is 60.0 Å². The Morgan fingerprint density at radius 3 is 2.04 bits per heavy atom. The number of rotatable bonds is 14. The molecule has 4 rings (SSSR count). The average Bonchev–Trinajstić information content (AvgIpc) is 3.03. The summed E-state index contributed by atoms with van der Waals surface area (Å²) in [6.07, 6.45) is 0.431. The number of carbonyl (C=O) groups excluding carboxylic acids is 3. The highest BCUT2D eigenvalue weighted by atomic mass is 16.5. The standard InChI is InChI=1S/C35H40BN3O6/c1-23(2)33(35(42)38-31(36(43)44)21-24-10-5-4-6-11-24)39-34(41)30(20-25-16-18-28(45-3)19-17-25)37-32(40)22-27-14-9-13-26-12-7-8-15-29(26)27/h4-19,23,30-31,33,43-44H,20-22H2,1-3H3,(H,37,40)(H,38,42)(H,39,41)/t30-,31-,33-/m0/s1. The fourth-order valence-corrected chi connectivity index (χ4v) is 5.23. The zero-order chi connectivity index (χ0) is 32.3. The Hall–Kier alpha value is -4.67. The molecule has 9 nitrogen and oxygen atoms in total. The smallest absolute Gasteiger partial charge is 0.475 e. The average molecular weight is 610 g/mol. The highest BCUT2D eigenvalue weighted by Crippen LogP contribution is 2.19. The molecule has 3 amide bonds. The van der Waals surface area contributed by atoms with Gasteiger partial charge >= 0.3 is 7.12 Å². The van der Waals surface area contributed by atoms with Crippen LogP contribution in [0.3, 0.4) is 0 Å². The number of amides is 3. The van der Waals surface area contributed by atoms with Crippen LogP contribution < -0.4 is 20.7 Å². The van der Waals surface area contributed by atoms with Crippen molar-refractivity contribution in [2.24, 2.45) is 5.92 Å². The summed E-state index contributed by atoms with van der Waals surface area (Å²) in [6, 6.07) is 27.9. The van der Waals surface area contributed by atoms with E-state index in [1.807, 2.05) is 84.9 Å². The van der Waals surface area contributed by atoms with Gasteiger partial charge in [0.2, 0.25) is 17.7 Å². The van der Waals surface area contributed by atoms with Crippen LogP contribution in [-0.2, 0) is 33.6 Å². The first kappa shape index (κ1) is 33.2. The molecule has 4 aromatic rings. The molecule has 0 unspecified atom stereocenters. The number of nitrogens with one attached hydrogen (secondary N) is 3. The molecule has 10 heteroatoms. The van der Waals surface area contributed by atoms with Crippen molar-refractivity contribution < 1.29 is 29.2 Å². The van der Waals surface area contributed by atoms with E-state index >= 15 is 0 Å². The third kappa shape index (κ3) is 9.41. The van der Waals surface area contributed by atoms with Crippen LogP contribution in [0.5, 0.6) is 5.75 Å². The van der Waals surface area contributed by atoms with Crippen molar-refractivity contribution in [1.29, 1.82) is 0 Å². The molecular formula is C35H40BN3O6. The number of benzene rings is 4. The van der Waals surface area contributed by atoms with E-state index in [2.05, 4.69) is 16.0 Å². The molecule has 0 aliphatic carbocycles. The van der Waals surface area contributed by atoms with Gasteiger partial charge in [0.1, 0.15) is 17.8 Å². The third-order valence-electron chi connectivity index (χ3n) is 7.71. The first-order valence-corrected chi connectivity index (χ1v) is 15.0. The SMILES string of the molecule is COc1ccc(C[C@H](NC(=O)Cc2cccc3ccccc23)C(=O)N[C@H](C(=O)N[C@@H](Cc2ccccc2)B(O)O)C(C)C)cc1. The number of fused-ring (bicyclic) bond motifs is 1. The summed E-state index contributed by atoms with van der Waals surface area (Å²) in [7, 11) is -0.246. The van der Waals surface area contributed by atoms with E-state index in [0.29, 0.717) is 5.75 Å². The lowest BCUT2D eigenvalue weighted by Crippen LogP contribution is -2.59. The first-order chi connectivity index (χ1) is 21.6. The maximum atomic E-state index is 13.8. The largest absolute Gasteiger partial charge is 0.497 e. The summed E-state index contributed by atoms with van der Waals surface area (Å²) >= 11 is 0. The van der Waals surface area contributed by atoms with E-state index in [9.17, 15) is 24.4 Å². The van der Waals surface area contributed by atoms with Gasteiger partial charge in [0, 0.05) is 6.42 Å². The van der Waals surface area contributed by atoms with Crippen LogP contribution in [0.15, 0.2) is 97.1 Å². The topological polar surface area (TPSA) is 137 Å². The summed E-state index contributed by atoms with van der Waals surface area (Å²) in [5, 5.41) is 30.4. The number of hydrogen-bond donors (Lipinski definition) is 5. The number of carbonyl (C=O) groups is 3.